The zero-order valence-corrected chi connectivity index (χ0v) is 35.4. The van der Waals surface area contributed by atoms with E-state index in [4.69, 9.17) is 25.0 Å². The Morgan fingerprint density at radius 3 is 1.74 bits per heavy atom. The van der Waals surface area contributed by atoms with E-state index in [-0.39, 0.29) is 73.4 Å². The van der Waals surface area contributed by atoms with Gasteiger partial charge in [-0.15, -0.1) is 29.1 Å². The number of rotatable bonds is 23. The number of nitrogens with zero attached hydrogens (tertiary/aromatic N) is 6. The van der Waals surface area contributed by atoms with Gasteiger partial charge in [-0.05, 0) is 72.8 Å². The summed E-state index contributed by atoms with van der Waals surface area (Å²) in [5.74, 6) is -1.25. The van der Waals surface area contributed by atoms with Gasteiger partial charge in [-0.2, -0.15) is 27.1 Å². The van der Waals surface area contributed by atoms with Gasteiger partial charge < -0.3 is 11.1 Å². The number of nitrogens with one attached hydrogen (secondary N) is 1. The zero-order valence-electron chi connectivity index (χ0n) is 30.5. The van der Waals surface area contributed by atoms with Gasteiger partial charge in [0.2, 0.25) is 0 Å². The van der Waals surface area contributed by atoms with Crippen molar-refractivity contribution in [3.05, 3.63) is 72.8 Å². The van der Waals surface area contributed by atoms with E-state index in [1.807, 2.05) is 0 Å². The summed E-state index contributed by atoms with van der Waals surface area (Å²) in [6.07, 6.45) is 0. The topological polar surface area (TPSA) is 385 Å². The summed E-state index contributed by atoms with van der Waals surface area (Å²) in [4.78, 5) is -0.872. The Balaban J connectivity index is 1.75. The monoisotopic (exact) mass is 970 g/mol. The average molecular weight is 971 g/mol. The molecule has 4 rings (SSSR count). The molecule has 4 aromatic carbocycles. The molecule has 0 atom stereocenters. The molecule has 0 unspecified atom stereocenters. The number of benzene rings is 4. The van der Waals surface area contributed by atoms with Crippen molar-refractivity contribution in [3.63, 3.8) is 0 Å². The molecular weight excluding hydrogens is 941 g/mol. The molecule has 0 saturated heterocycles. The van der Waals surface area contributed by atoms with E-state index in [0.717, 1.165) is 24.3 Å². The first-order chi connectivity index (χ1) is 28.8. The van der Waals surface area contributed by atoms with Crippen molar-refractivity contribution >= 4 is 110 Å². The summed E-state index contributed by atoms with van der Waals surface area (Å²) in [5.41, 5.74) is 5.78. The molecule has 61 heavy (non-hydrogen) atoms. The summed E-state index contributed by atoms with van der Waals surface area (Å²) in [7, 11) is -16.2. The number of sulfone groups is 2. The Labute approximate surface area is 354 Å². The highest BCUT2D eigenvalue weighted by Crippen LogP contribution is 2.47. The van der Waals surface area contributed by atoms with Crippen LogP contribution >= 0.6 is 24.4 Å². The van der Waals surface area contributed by atoms with Crippen LogP contribution in [0.5, 0.6) is 0 Å². The quantitative estimate of drug-likeness (QED) is 0.00866. The predicted octanol–water partition coefficient (Wildman–Crippen LogP) is 6.60. The predicted molar refractivity (Wildman–Crippen MR) is 213 cm³/mol. The van der Waals surface area contributed by atoms with Gasteiger partial charge in [0, 0.05) is 11.9 Å². The van der Waals surface area contributed by atoms with E-state index in [2.05, 4.69) is 58.9 Å². The maximum atomic E-state index is 12.7. The highest BCUT2D eigenvalue weighted by atomic mass is 32.3. The van der Waals surface area contributed by atoms with Crippen LogP contribution in [0.3, 0.4) is 0 Å². The van der Waals surface area contributed by atoms with Crippen molar-refractivity contribution in [1.82, 2.24) is 0 Å². The Morgan fingerprint density at radius 1 is 0.656 bits per heavy atom. The molecule has 26 nitrogen and oxygen atoms in total. The van der Waals surface area contributed by atoms with Gasteiger partial charge in [-0.25, -0.2) is 31.5 Å². The smallest absolute Gasteiger partial charge is 0.395 e. The van der Waals surface area contributed by atoms with Crippen LogP contribution in [0.2, 0.25) is 0 Å². The SMILES string of the molecule is CNc1c(N=Nc2cc(SOOO)ccc2S(=O)(=O)O)cc(N=Nc2ccc(S(=O)(=O)CCOSOOO)cc2)c(N)c1N=Nc1ccc(S(=O)(=O)CCOS(=O)(=O)O)cc1. The molecule has 0 radical (unpaired) electrons. The van der Waals surface area contributed by atoms with E-state index in [0.29, 0.717) is 12.0 Å². The molecule has 7 N–H and O–H groups in total. The number of hydrogen-bond acceptors (Lipinski definition) is 26. The van der Waals surface area contributed by atoms with Gasteiger partial charge in [0.25, 0.3) is 10.1 Å². The molecule has 0 aliphatic heterocycles. The van der Waals surface area contributed by atoms with E-state index in [9.17, 15) is 38.2 Å². The van der Waals surface area contributed by atoms with Gasteiger partial charge in [-0.1, -0.05) is 10.1 Å². The van der Waals surface area contributed by atoms with Crippen molar-refractivity contribution in [3.8, 4) is 0 Å². The standard InChI is InChI=1S/C29H30N8O18S6/c1-31-28-25(36-34-23-16-20(56-54-52-38)6-11-26(23)60(44,45)46)17-24(35-32-18-2-7-21(8-3-18)58(40,41)14-12-50-57-55-53-39)27(30)29(28)37-33-19-4-9-22(10-5-19)59(42,43)15-13-51-61(47,48)49/h2-11,16-17,31,38-39H,12-15,30H2,1H3,(H,44,45,46)(H,47,48,49). The second kappa shape index (κ2) is 21.9. The van der Waals surface area contributed by atoms with Gasteiger partial charge >= 0.3 is 10.4 Å². The number of hydrogen-bond donors (Lipinski definition) is 6. The number of nitrogen functional groups attached to an aromatic ring is 1. The molecule has 0 spiro atoms. The van der Waals surface area contributed by atoms with Crippen LogP contribution in [0.25, 0.3) is 0 Å². The Bertz CT molecular complexity index is 2710. The minimum Gasteiger partial charge on any atom is -0.395 e. The molecule has 0 amide bonds. The third-order valence-corrected chi connectivity index (χ3v) is 12.9. The molecule has 330 valence electrons. The minimum absolute atomic E-state index is 0.0327. The first kappa shape index (κ1) is 49.0. The lowest BCUT2D eigenvalue weighted by molar-refractivity contribution is -0.434. The Morgan fingerprint density at radius 2 is 1.20 bits per heavy atom. The first-order valence-electron chi connectivity index (χ1n) is 16.0. The van der Waals surface area contributed by atoms with E-state index in [1.54, 1.807) is 0 Å². The highest BCUT2D eigenvalue weighted by molar-refractivity contribution is 7.94. The van der Waals surface area contributed by atoms with Crippen LogP contribution in [0.1, 0.15) is 0 Å². The van der Waals surface area contributed by atoms with Gasteiger partial charge in [0.05, 0.1) is 69.3 Å². The second-order valence-corrected chi connectivity index (χ2v) is 19.1. The maximum absolute atomic E-state index is 12.7. The maximum Gasteiger partial charge on any atom is 0.397 e. The van der Waals surface area contributed by atoms with Gasteiger partial charge in [-0.3, -0.25) is 13.3 Å². The molecular formula is C29H30N8O18S6. The largest absolute Gasteiger partial charge is 0.397 e. The van der Waals surface area contributed by atoms with Crippen LogP contribution in [0.4, 0.5) is 45.5 Å². The number of anilines is 2. The van der Waals surface area contributed by atoms with Crippen LogP contribution < -0.4 is 11.1 Å². The van der Waals surface area contributed by atoms with Crippen molar-refractivity contribution < 1.29 is 80.4 Å². The lowest BCUT2D eigenvalue weighted by atomic mass is 10.1. The van der Waals surface area contributed by atoms with E-state index in [1.165, 1.54) is 55.6 Å². The van der Waals surface area contributed by atoms with Crippen molar-refractivity contribution in [2.45, 2.75) is 19.6 Å². The normalized spacial score (nSPS) is 12.9. The minimum atomic E-state index is -4.86. The van der Waals surface area contributed by atoms with Gasteiger partial charge in [0.15, 0.2) is 32.0 Å². The van der Waals surface area contributed by atoms with E-state index < -0.39 is 68.9 Å². The third-order valence-electron chi connectivity index (χ3n) is 7.24. The number of nitrogens with two attached hydrogens (primary N) is 1. The van der Waals surface area contributed by atoms with E-state index >= 15 is 0 Å². The average Bonchev–Trinajstić information content (AvgIpc) is 3.20. The molecule has 0 aliphatic rings. The molecule has 0 aromatic heterocycles. The highest BCUT2D eigenvalue weighted by Gasteiger charge is 2.21. The fourth-order valence-corrected chi connectivity index (χ4v) is 8.43. The fraction of sp³-hybridized carbons (Fsp3) is 0.172. The second-order valence-electron chi connectivity index (χ2n) is 11.1. The van der Waals surface area contributed by atoms with Gasteiger partial charge in [0.1, 0.15) is 27.6 Å². The lowest BCUT2D eigenvalue weighted by Crippen LogP contribution is -2.15. The van der Waals surface area contributed by atoms with Crippen LogP contribution in [0, 0.1) is 0 Å². The van der Waals surface area contributed by atoms with Crippen LogP contribution in [-0.2, 0) is 67.3 Å². The molecule has 0 saturated carbocycles. The zero-order chi connectivity index (χ0) is 44.8. The summed E-state index contributed by atoms with van der Waals surface area (Å²) in [6.45, 7) is -1.17. The Hall–Kier alpha value is -4.62. The molecule has 0 fully saturated rings. The van der Waals surface area contributed by atoms with Crippen LogP contribution in [-0.4, -0.2) is 85.1 Å². The Kier molecular flexibility index (Phi) is 17.6. The molecule has 0 heterocycles. The fourth-order valence-electron chi connectivity index (χ4n) is 4.53. The third kappa shape index (κ3) is 14.8. The number of azo groups is 3. The van der Waals surface area contributed by atoms with Crippen molar-refractivity contribution in [2.75, 3.05) is 42.8 Å². The molecule has 0 bridgehead atoms. The molecule has 4 aromatic rings. The summed E-state index contributed by atoms with van der Waals surface area (Å²) in [6, 6.07) is 14.5. The van der Waals surface area contributed by atoms with Crippen LogP contribution in [0.15, 0.2) is 123 Å². The summed E-state index contributed by atoms with van der Waals surface area (Å²) >= 11 is 0.668. The van der Waals surface area contributed by atoms with Crippen molar-refractivity contribution in [2.24, 2.45) is 30.7 Å². The lowest BCUT2D eigenvalue weighted by Gasteiger charge is -2.12. The summed E-state index contributed by atoms with van der Waals surface area (Å²) in [5, 5.41) is 51.1. The first-order valence-corrected chi connectivity index (χ1v) is 23.5. The molecule has 0 aliphatic carbocycles. The van der Waals surface area contributed by atoms with Crippen molar-refractivity contribution in [1.29, 1.82) is 0 Å². The summed E-state index contributed by atoms with van der Waals surface area (Å²) < 4.78 is 132. The molecule has 32 heteroatoms.